The molecule has 94 valence electrons. The van der Waals surface area contributed by atoms with E-state index in [0.717, 1.165) is 31.9 Å². The minimum absolute atomic E-state index is 0.223. The van der Waals surface area contributed by atoms with Crippen LogP contribution in [-0.4, -0.2) is 37.0 Å². The molecule has 1 aromatic rings. The molecule has 1 aromatic carbocycles. The van der Waals surface area contributed by atoms with Crippen LogP contribution in [0, 0.1) is 11.3 Å². The van der Waals surface area contributed by atoms with Crippen molar-refractivity contribution in [3.05, 3.63) is 29.8 Å². The molecule has 0 N–H and O–H groups in total. The molecule has 0 atom stereocenters. The predicted molar refractivity (Wildman–Crippen MR) is 70.2 cm³/mol. The largest absolute Gasteiger partial charge is 0.368 e. The summed E-state index contributed by atoms with van der Waals surface area (Å²) < 4.78 is 0. The van der Waals surface area contributed by atoms with Gasteiger partial charge in [0.05, 0.1) is 11.6 Å². The van der Waals surface area contributed by atoms with Crippen molar-refractivity contribution in [2.75, 3.05) is 31.1 Å². The lowest BCUT2D eigenvalue weighted by atomic mass is 10.2. The summed E-state index contributed by atoms with van der Waals surface area (Å²) in [5.74, 6) is 0.223. The third kappa shape index (κ3) is 2.62. The molecule has 1 heterocycles. The van der Waals surface area contributed by atoms with Gasteiger partial charge in [-0.1, -0.05) is 13.0 Å². The summed E-state index contributed by atoms with van der Waals surface area (Å²) in [5, 5.41) is 8.89. The molecular formula is C14H17N3O. The van der Waals surface area contributed by atoms with Crippen molar-refractivity contribution in [2.45, 2.75) is 13.3 Å². The second-order valence-corrected chi connectivity index (χ2v) is 4.38. The molecule has 1 amide bonds. The molecular weight excluding hydrogens is 226 g/mol. The quantitative estimate of drug-likeness (QED) is 0.793. The van der Waals surface area contributed by atoms with E-state index >= 15 is 0 Å². The first-order valence-corrected chi connectivity index (χ1v) is 6.27. The van der Waals surface area contributed by atoms with E-state index in [-0.39, 0.29) is 5.91 Å². The van der Waals surface area contributed by atoms with E-state index in [1.807, 2.05) is 30.0 Å². The second-order valence-electron chi connectivity index (χ2n) is 4.38. The molecule has 1 fully saturated rings. The topological polar surface area (TPSA) is 47.3 Å². The second kappa shape index (κ2) is 5.54. The predicted octanol–water partition coefficient (Wildman–Crippen LogP) is 1.62. The van der Waals surface area contributed by atoms with E-state index in [2.05, 4.69) is 11.0 Å². The molecule has 0 radical (unpaired) electrons. The van der Waals surface area contributed by atoms with Crippen LogP contribution in [0.15, 0.2) is 24.3 Å². The van der Waals surface area contributed by atoms with Crippen LogP contribution in [0.1, 0.15) is 18.9 Å². The van der Waals surface area contributed by atoms with Gasteiger partial charge in [-0.2, -0.15) is 5.26 Å². The summed E-state index contributed by atoms with van der Waals surface area (Å²) in [5.41, 5.74) is 1.75. The van der Waals surface area contributed by atoms with E-state index < -0.39 is 0 Å². The molecule has 0 saturated carbocycles. The Bertz CT molecular complexity index is 470. The molecule has 0 aliphatic carbocycles. The number of hydrogen-bond acceptors (Lipinski definition) is 3. The summed E-state index contributed by atoms with van der Waals surface area (Å²) >= 11 is 0. The average molecular weight is 243 g/mol. The van der Waals surface area contributed by atoms with Crippen LogP contribution in [0.2, 0.25) is 0 Å². The highest BCUT2D eigenvalue weighted by Crippen LogP contribution is 2.18. The normalized spacial score (nSPS) is 15.3. The Morgan fingerprint density at radius 2 is 2.06 bits per heavy atom. The van der Waals surface area contributed by atoms with Gasteiger partial charge in [-0.15, -0.1) is 0 Å². The summed E-state index contributed by atoms with van der Waals surface area (Å²) in [4.78, 5) is 15.7. The molecule has 4 heteroatoms. The van der Waals surface area contributed by atoms with Gasteiger partial charge in [0.1, 0.15) is 0 Å². The van der Waals surface area contributed by atoms with Gasteiger partial charge in [-0.3, -0.25) is 4.79 Å². The molecule has 0 bridgehead atoms. The molecule has 0 unspecified atom stereocenters. The first-order chi connectivity index (χ1) is 8.74. The lowest BCUT2D eigenvalue weighted by Gasteiger charge is -2.36. The number of hydrogen-bond donors (Lipinski definition) is 0. The highest BCUT2D eigenvalue weighted by atomic mass is 16.2. The maximum atomic E-state index is 11.6. The van der Waals surface area contributed by atoms with Crippen molar-refractivity contribution >= 4 is 11.6 Å². The molecule has 0 spiro atoms. The fourth-order valence-electron chi connectivity index (χ4n) is 2.21. The monoisotopic (exact) mass is 243 g/mol. The zero-order chi connectivity index (χ0) is 13.0. The van der Waals surface area contributed by atoms with Crippen molar-refractivity contribution in [3.8, 4) is 6.07 Å². The Morgan fingerprint density at radius 1 is 1.33 bits per heavy atom. The zero-order valence-electron chi connectivity index (χ0n) is 10.6. The van der Waals surface area contributed by atoms with E-state index in [9.17, 15) is 4.79 Å². The number of piperazine rings is 1. The number of rotatable bonds is 2. The van der Waals surface area contributed by atoms with Gasteiger partial charge in [0.2, 0.25) is 5.91 Å². The Labute approximate surface area is 107 Å². The molecule has 0 aromatic heterocycles. The summed E-state index contributed by atoms with van der Waals surface area (Å²) in [6, 6.07) is 9.77. The SMILES string of the molecule is CCC(=O)N1CCN(c2cccc(C#N)c2)CC1. The van der Waals surface area contributed by atoms with Crippen molar-refractivity contribution in [1.29, 1.82) is 5.26 Å². The molecule has 1 saturated heterocycles. The summed E-state index contributed by atoms with van der Waals surface area (Å²) in [7, 11) is 0. The minimum Gasteiger partial charge on any atom is -0.368 e. The maximum Gasteiger partial charge on any atom is 0.222 e. The Morgan fingerprint density at radius 3 is 2.67 bits per heavy atom. The van der Waals surface area contributed by atoms with Crippen molar-refractivity contribution in [3.63, 3.8) is 0 Å². The lowest BCUT2D eigenvalue weighted by molar-refractivity contribution is -0.131. The maximum absolute atomic E-state index is 11.6. The third-order valence-corrected chi connectivity index (χ3v) is 3.28. The summed E-state index contributed by atoms with van der Waals surface area (Å²) in [6.07, 6.45) is 0.573. The van der Waals surface area contributed by atoms with E-state index in [1.54, 1.807) is 6.07 Å². The molecule has 18 heavy (non-hydrogen) atoms. The number of nitriles is 1. The number of carbonyl (C=O) groups is 1. The number of carbonyl (C=O) groups excluding carboxylic acids is 1. The van der Waals surface area contributed by atoms with Crippen molar-refractivity contribution in [1.82, 2.24) is 4.90 Å². The van der Waals surface area contributed by atoms with Crippen LogP contribution in [0.4, 0.5) is 5.69 Å². The number of amides is 1. The van der Waals surface area contributed by atoms with Gasteiger partial charge >= 0.3 is 0 Å². The smallest absolute Gasteiger partial charge is 0.222 e. The van der Waals surface area contributed by atoms with Crippen LogP contribution in [0.5, 0.6) is 0 Å². The molecule has 1 aliphatic heterocycles. The summed E-state index contributed by atoms with van der Waals surface area (Å²) in [6.45, 7) is 5.10. The first kappa shape index (κ1) is 12.4. The lowest BCUT2D eigenvalue weighted by Crippen LogP contribution is -2.48. The zero-order valence-corrected chi connectivity index (χ0v) is 10.6. The fraction of sp³-hybridized carbons (Fsp3) is 0.429. The Balaban J connectivity index is 2.01. The van der Waals surface area contributed by atoms with Crippen LogP contribution < -0.4 is 4.90 Å². The average Bonchev–Trinajstić information content (AvgIpc) is 2.46. The van der Waals surface area contributed by atoms with Crippen molar-refractivity contribution in [2.24, 2.45) is 0 Å². The van der Waals surface area contributed by atoms with Crippen LogP contribution >= 0.6 is 0 Å². The Hall–Kier alpha value is -2.02. The highest BCUT2D eigenvalue weighted by Gasteiger charge is 2.19. The molecule has 4 nitrogen and oxygen atoms in total. The van der Waals surface area contributed by atoms with Crippen molar-refractivity contribution < 1.29 is 4.79 Å². The van der Waals surface area contributed by atoms with E-state index in [4.69, 9.17) is 5.26 Å². The minimum atomic E-state index is 0.223. The van der Waals surface area contributed by atoms with E-state index in [1.165, 1.54) is 0 Å². The first-order valence-electron chi connectivity index (χ1n) is 6.27. The van der Waals surface area contributed by atoms with Gasteiger partial charge in [-0.05, 0) is 18.2 Å². The van der Waals surface area contributed by atoms with Crippen LogP contribution in [-0.2, 0) is 4.79 Å². The van der Waals surface area contributed by atoms with Crippen LogP contribution in [0.3, 0.4) is 0 Å². The fourth-order valence-corrected chi connectivity index (χ4v) is 2.21. The van der Waals surface area contributed by atoms with E-state index in [0.29, 0.717) is 12.0 Å². The molecule has 1 aliphatic rings. The van der Waals surface area contributed by atoms with Crippen LogP contribution in [0.25, 0.3) is 0 Å². The van der Waals surface area contributed by atoms with Gasteiger partial charge in [-0.25, -0.2) is 0 Å². The van der Waals surface area contributed by atoms with Gasteiger partial charge < -0.3 is 9.80 Å². The third-order valence-electron chi connectivity index (χ3n) is 3.28. The number of anilines is 1. The Kier molecular flexibility index (Phi) is 3.83. The number of benzene rings is 1. The standard InChI is InChI=1S/C14H17N3O/c1-2-14(18)17-8-6-16(7-9-17)13-5-3-4-12(10-13)11-15/h3-5,10H,2,6-9H2,1H3. The molecule has 2 rings (SSSR count). The van der Waals surface area contributed by atoms with Gasteiger partial charge in [0.15, 0.2) is 0 Å². The van der Waals surface area contributed by atoms with Gasteiger partial charge in [0, 0.05) is 38.3 Å². The number of nitrogens with zero attached hydrogens (tertiary/aromatic N) is 3. The highest BCUT2D eigenvalue weighted by molar-refractivity contribution is 5.76. The van der Waals surface area contributed by atoms with Gasteiger partial charge in [0.25, 0.3) is 0 Å².